The minimum atomic E-state index is -0.170. The van der Waals surface area contributed by atoms with E-state index in [1.807, 2.05) is 13.8 Å². The van der Waals surface area contributed by atoms with Gasteiger partial charge in [-0.2, -0.15) is 4.94 Å². The zero-order valence-electron chi connectivity index (χ0n) is 6.86. The van der Waals surface area contributed by atoms with Crippen molar-refractivity contribution in [1.82, 2.24) is 0 Å². The van der Waals surface area contributed by atoms with Crippen molar-refractivity contribution in [3.8, 4) is 0 Å². The van der Waals surface area contributed by atoms with Crippen LogP contribution in [0, 0.1) is 5.92 Å². The number of hydrogen-bond acceptors (Lipinski definition) is 1. The Kier molecular flexibility index (Phi) is 14.5. The van der Waals surface area contributed by atoms with Gasteiger partial charge in [0.05, 0.1) is 13.3 Å². The third-order valence-electron chi connectivity index (χ3n) is 1.07. The molecular formula is C7H16F2O. The van der Waals surface area contributed by atoms with Crippen molar-refractivity contribution >= 4 is 0 Å². The highest BCUT2D eigenvalue weighted by Crippen LogP contribution is 1.98. The van der Waals surface area contributed by atoms with Crippen LogP contribution in [-0.4, -0.2) is 13.3 Å². The highest BCUT2D eigenvalue weighted by molar-refractivity contribution is 4.42. The molecule has 1 atom stereocenters. The van der Waals surface area contributed by atoms with Crippen molar-refractivity contribution in [2.75, 3.05) is 13.3 Å². The lowest BCUT2D eigenvalue weighted by Crippen LogP contribution is -1.91. The fourth-order valence-electron chi connectivity index (χ4n) is 0.109. The smallest absolute Gasteiger partial charge is 0.0919 e. The molecule has 0 aromatic heterocycles. The maximum Gasteiger partial charge on any atom is 0.0919 e. The van der Waals surface area contributed by atoms with Crippen LogP contribution < -0.4 is 0 Å². The molecule has 0 fully saturated rings. The molecule has 0 saturated heterocycles. The molecule has 0 aliphatic rings. The van der Waals surface area contributed by atoms with E-state index in [1.165, 1.54) is 0 Å². The molecule has 0 radical (unpaired) electrons. The van der Waals surface area contributed by atoms with Crippen LogP contribution in [0.15, 0.2) is 0 Å². The number of rotatable bonds is 3. The van der Waals surface area contributed by atoms with Crippen LogP contribution in [0.5, 0.6) is 0 Å². The van der Waals surface area contributed by atoms with E-state index in [4.69, 9.17) is 0 Å². The van der Waals surface area contributed by atoms with E-state index in [2.05, 4.69) is 4.94 Å². The van der Waals surface area contributed by atoms with Crippen LogP contribution in [0.25, 0.3) is 0 Å². The summed E-state index contributed by atoms with van der Waals surface area (Å²) in [6, 6.07) is 0. The second-order valence-corrected chi connectivity index (χ2v) is 2.07. The first-order valence-corrected chi connectivity index (χ1v) is 3.52. The molecule has 3 heteroatoms. The van der Waals surface area contributed by atoms with Crippen LogP contribution in [0.3, 0.4) is 0 Å². The lowest BCUT2D eigenvalue weighted by Gasteiger charge is -1.95. The van der Waals surface area contributed by atoms with Gasteiger partial charge in [-0.25, -0.2) is 0 Å². The van der Waals surface area contributed by atoms with Crippen molar-refractivity contribution in [2.24, 2.45) is 5.92 Å². The fraction of sp³-hybridized carbons (Fsp3) is 1.00. The van der Waals surface area contributed by atoms with E-state index in [9.17, 15) is 8.92 Å². The Morgan fingerprint density at radius 3 is 1.80 bits per heavy atom. The molecular weight excluding hydrogens is 138 g/mol. The van der Waals surface area contributed by atoms with Gasteiger partial charge in [-0.05, 0) is 17.4 Å². The van der Waals surface area contributed by atoms with E-state index >= 15 is 0 Å². The molecule has 0 rings (SSSR count). The van der Waals surface area contributed by atoms with Gasteiger partial charge in [-0.3, -0.25) is 4.39 Å². The Balaban J connectivity index is 0. The first-order chi connectivity index (χ1) is 4.72. The Morgan fingerprint density at radius 2 is 1.80 bits per heavy atom. The fourth-order valence-corrected chi connectivity index (χ4v) is 0.109. The van der Waals surface area contributed by atoms with Gasteiger partial charge in [-0.1, -0.05) is 20.3 Å². The normalized spacial score (nSPS) is 11.7. The zero-order chi connectivity index (χ0) is 8.41. The quantitative estimate of drug-likeness (QED) is 0.607. The van der Waals surface area contributed by atoms with Crippen LogP contribution in [0.1, 0.15) is 27.2 Å². The third-order valence-corrected chi connectivity index (χ3v) is 1.07. The predicted molar refractivity (Wildman–Crippen MR) is 38.2 cm³/mol. The highest BCUT2D eigenvalue weighted by Gasteiger charge is 1.92. The van der Waals surface area contributed by atoms with Crippen molar-refractivity contribution in [2.45, 2.75) is 27.2 Å². The van der Waals surface area contributed by atoms with Gasteiger partial charge in [0.1, 0.15) is 0 Å². The molecule has 0 saturated carbocycles. The average molecular weight is 154 g/mol. The molecule has 0 amide bonds. The van der Waals surface area contributed by atoms with E-state index in [0.717, 1.165) is 6.42 Å². The minimum Gasteiger partial charge on any atom is -0.251 e. The van der Waals surface area contributed by atoms with E-state index in [0.29, 0.717) is 0 Å². The van der Waals surface area contributed by atoms with Gasteiger partial charge in [0.15, 0.2) is 0 Å². The van der Waals surface area contributed by atoms with E-state index in [-0.39, 0.29) is 19.2 Å². The van der Waals surface area contributed by atoms with Crippen LogP contribution in [-0.2, 0) is 4.94 Å². The summed E-state index contributed by atoms with van der Waals surface area (Å²) in [7, 11) is 0. The van der Waals surface area contributed by atoms with Gasteiger partial charge >= 0.3 is 0 Å². The third kappa shape index (κ3) is 15.7. The van der Waals surface area contributed by atoms with Crippen molar-refractivity contribution in [3.05, 3.63) is 0 Å². The molecule has 0 aliphatic heterocycles. The molecule has 0 aliphatic carbocycles. The van der Waals surface area contributed by atoms with Crippen LogP contribution >= 0.6 is 0 Å². The number of halogens is 2. The second kappa shape index (κ2) is 11.6. The van der Waals surface area contributed by atoms with E-state index < -0.39 is 0 Å². The Morgan fingerprint density at radius 1 is 1.40 bits per heavy atom. The molecule has 1 unspecified atom stereocenters. The first kappa shape index (κ1) is 12.5. The number of alkyl halides is 1. The molecule has 1 nitrogen and oxygen atoms in total. The summed E-state index contributed by atoms with van der Waals surface area (Å²) in [5.41, 5.74) is 0. The lowest BCUT2D eigenvalue weighted by molar-refractivity contribution is -0.125. The molecule has 0 heterocycles. The summed E-state index contributed by atoms with van der Waals surface area (Å²) in [5.74, 6) is 0.269. The first-order valence-electron chi connectivity index (χ1n) is 3.52. The summed E-state index contributed by atoms with van der Waals surface area (Å²) >= 11 is 0. The van der Waals surface area contributed by atoms with E-state index in [1.54, 1.807) is 6.92 Å². The summed E-state index contributed by atoms with van der Waals surface area (Å²) < 4.78 is 21.6. The van der Waals surface area contributed by atoms with Gasteiger partial charge in [-0.15, -0.1) is 0 Å². The molecule has 0 bridgehead atoms. The topological polar surface area (TPSA) is 9.23 Å². The van der Waals surface area contributed by atoms with Gasteiger partial charge in [0.25, 0.3) is 0 Å². The maximum atomic E-state index is 11.4. The zero-order valence-corrected chi connectivity index (χ0v) is 6.86. The monoisotopic (exact) mass is 154 g/mol. The standard InChI is InChI=1S/C5H11F.C2H5FO/c1-3-5(2)4-6;1-2-4-3/h5H,3-4H2,1-2H3;2H2,1H3. The molecule has 10 heavy (non-hydrogen) atoms. The average Bonchev–Trinajstić information content (AvgIpc) is 2.03. The highest BCUT2D eigenvalue weighted by atomic mass is 19.3. The van der Waals surface area contributed by atoms with Gasteiger partial charge in [0.2, 0.25) is 0 Å². The lowest BCUT2D eigenvalue weighted by atomic mass is 10.1. The minimum absolute atomic E-state index is 0.153. The Hall–Kier alpha value is -0.180. The molecule has 0 aromatic carbocycles. The summed E-state index contributed by atoms with van der Waals surface area (Å²) in [5, 5.41) is 0. The summed E-state index contributed by atoms with van der Waals surface area (Å²) in [6.07, 6.45) is 0.955. The largest absolute Gasteiger partial charge is 0.251 e. The van der Waals surface area contributed by atoms with Crippen LogP contribution in [0.2, 0.25) is 0 Å². The Labute approximate surface area is 61.3 Å². The molecule has 64 valence electrons. The second-order valence-electron chi connectivity index (χ2n) is 2.07. The maximum absolute atomic E-state index is 11.4. The van der Waals surface area contributed by atoms with Gasteiger partial charge in [0, 0.05) is 0 Å². The molecule has 0 aromatic rings. The predicted octanol–water partition coefficient (Wildman–Crippen LogP) is 2.91. The van der Waals surface area contributed by atoms with Crippen molar-refractivity contribution in [3.63, 3.8) is 0 Å². The van der Waals surface area contributed by atoms with Crippen molar-refractivity contribution < 1.29 is 13.9 Å². The summed E-state index contributed by atoms with van der Waals surface area (Å²) in [6.45, 7) is 5.46. The van der Waals surface area contributed by atoms with Crippen LogP contribution in [0.4, 0.5) is 8.92 Å². The van der Waals surface area contributed by atoms with Gasteiger partial charge < -0.3 is 0 Å². The SMILES string of the molecule is CCC(C)CF.CCOF. The summed E-state index contributed by atoms with van der Waals surface area (Å²) in [4.78, 5) is 3.04. The Bertz CT molecular complexity index is 44.9. The van der Waals surface area contributed by atoms with Crippen molar-refractivity contribution in [1.29, 1.82) is 0 Å². The molecule has 0 N–H and O–H groups in total. The molecule has 0 spiro atoms. The number of hydrogen-bond donors (Lipinski definition) is 0.